The van der Waals surface area contributed by atoms with Crippen molar-refractivity contribution in [2.75, 3.05) is 66.6 Å². The van der Waals surface area contributed by atoms with Crippen LogP contribution in [0.4, 0.5) is 0 Å². The second-order valence-corrected chi connectivity index (χ2v) is 7.03. The van der Waals surface area contributed by atoms with Gasteiger partial charge in [-0.1, -0.05) is 15.9 Å². The second-order valence-electron chi connectivity index (χ2n) is 6.24. The Bertz CT molecular complexity index is 370. The number of methoxy groups -OCH3 is 4. The first-order chi connectivity index (χ1) is 13.9. The zero-order valence-corrected chi connectivity index (χ0v) is 27.7. The molecule has 0 unspecified atom stereocenters. The summed E-state index contributed by atoms with van der Waals surface area (Å²) in [5, 5.41) is 27.9. The van der Waals surface area contributed by atoms with E-state index in [0.717, 1.165) is 44.3 Å². The summed E-state index contributed by atoms with van der Waals surface area (Å²) in [6.07, 6.45) is 2.61. The smallest absolute Gasteiger partial charge is 1.00 e. The number of alkyl halides is 1. The summed E-state index contributed by atoms with van der Waals surface area (Å²) in [6, 6.07) is 0. The minimum atomic E-state index is -0.341. The number of aliphatic hydroxyl groups excluding tert-OH is 2. The number of halogens is 1. The Balaban J connectivity index is -0.000000107. The minimum Gasteiger partial charge on any atom is -1.00 e. The van der Waals surface area contributed by atoms with E-state index in [-0.39, 0.29) is 135 Å². The van der Waals surface area contributed by atoms with Gasteiger partial charge in [-0.15, -0.1) is 0 Å². The number of aliphatic hydroxyl groups is 2. The molecule has 13 heteroatoms. The van der Waals surface area contributed by atoms with Crippen molar-refractivity contribution in [1.82, 2.24) is 4.90 Å². The molecule has 2 aliphatic rings. The molecule has 0 amide bonds. The number of hydrogen-bond donors (Lipinski definition) is 2. The Morgan fingerprint density at radius 2 is 1.55 bits per heavy atom. The molecule has 1 saturated heterocycles. The Morgan fingerprint density at radius 3 is 1.81 bits per heavy atom. The van der Waals surface area contributed by atoms with Gasteiger partial charge in [0.1, 0.15) is 0 Å². The average molecular weight is 571 g/mol. The molecule has 10 nitrogen and oxygen atoms in total. The third-order valence-electron chi connectivity index (χ3n) is 4.27. The molecule has 2 rings (SSSR count). The Hall–Kier alpha value is 2.90. The van der Waals surface area contributed by atoms with Crippen LogP contribution in [0, 0.1) is 0 Å². The second kappa shape index (κ2) is 30.9. The number of carbonyl (C=O) groups is 1. The Labute approximate surface area is 281 Å². The topological polar surface area (TPSA) is 130 Å². The monoisotopic (exact) mass is 569 g/mol. The zero-order chi connectivity index (χ0) is 22.5. The van der Waals surface area contributed by atoms with Gasteiger partial charge in [0.25, 0.3) is 6.47 Å². The maximum absolute atomic E-state index is 9.45. The fourth-order valence-electron chi connectivity index (χ4n) is 2.73. The van der Waals surface area contributed by atoms with Crippen LogP contribution in [0.1, 0.15) is 20.7 Å². The SMILES string of the molecule is COCCBr.COCCN1C[C@@H](O)[C@H](OC)C1.CO[C@@H]1CCC[C@H]1O.O=CO[O-].[H-].[K+].[K+]. The number of carbonyl (C=O) groups excluding carboxylic acids is 1. The van der Waals surface area contributed by atoms with Gasteiger partial charge in [0.2, 0.25) is 0 Å². The van der Waals surface area contributed by atoms with Crippen molar-refractivity contribution in [1.29, 1.82) is 0 Å². The Morgan fingerprint density at radius 1 is 1.00 bits per heavy atom. The Kier molecular flexibility index (Phi) is 41.0. The largest absolute Gasteiger partial charge is 1.00 e. The summed E-state index contributed by atoms with van der Waals surface area (Å²) in [7, 11) is 6.65. The van der Waals surface area contributed by atoms with Gasteiger partial charge in [-0.25, -0.2) is 0 Å². The molecule has 1 heterocycles. The van der Waals surface area contributed by atoms with Gasteiger partial charge >= 0.3 is 103 Å². The van der Waals surface area contributed by atoms with Gasteiger partial charge in [0.15, 0.2) is 0 Å². The molecule has 4 atom stereocenters. The van der Waals surface area contributed by atoms with E-state index in [1.165, 1.54) is 0 Å². The van der Waals surface area contributed by atoms with Crippen LogP contribution < -0.4 is 108 Å². The summed E-state index contributed by atoms with van der Waals surface area (Å²) in [5.41, 5.74) is 0. The van der Waals surface area contributed by atoms with Gasteiger partial charge in [0, 0.05) is 53.4 Å². The molecule has 0 bridgehead atoms. The molecular formula is C18H38BrK2NO9. The van der Waals surface area contributed by atoms with Crippen LogP contribution >= 0.6 is 15.9 Å². The molecule has 31 heavy (non-hydrogen) atoms. The number of likely N-dealkylation sites (tertiary alicyclic amines) is 1. The van der Waals surface area contributed by atoms with E-state index < -0.39 is 0 Å². The summed E-state index contributed by atoms with van der Waals surface area (Å²) < 4.78 is 19.7. The van der Waals surface area contributed by atoms with Crippen molar-refractivity contribution in [3.8, 4) is 0 Å². The average Bonchev–Trinajstić information content (AvgIpc) is 3.32. The third-order valence-corrected chi connectivity index (χ3v) is 4.59. The number of hydrogen-bond acceptors (Lipinski definition) is 10. The molecule has 2 fully saturated rings. The van der Waals surface area contributed by atoms with Crippen LogP contribution in [0.15, 0.2) is 0 Å². The predicted molar refractivity (Wildman–Crippen MR) is 110 cm³/mol. The molecule has 2 N–H and O–H groups in total. The maximum atomic E-state index is 9.45. The summed E-state index contributed by atoms with van der Waals surface area (Å²) in [5.74, 6) is 0. The normalized spacial score (nSPS) is 24.0. The molecule has 1 aliphatic heterocycles. The van der Waals surface area contributed by atoms with E-state index in [4.69, 9.17) is 29.4 Å². The molecule has 0 aromatic rings. The summed E-state index contributed by atoms with van der Waals surface area (Å²) in [6.45, 7) is 3.71. The first-order valence-electron chi connectivity index (χ1n) is 9.35. The van der Waals surface area contributed by atoms with Crippen LogP contribution in [-0.4, -0.2) is 113 Å². The van der Waals surface area contributed by atoms with Gasteiger partial charge in [-0.2, -0.15) is 0 Å². The van der Waals surface area contributed by atoms with Crippen molar-refractivity contribution < 1.29 is 148 Å². The van der Waals surface area contributed by atoms with Crippen molar-refractivity contribution in [2.45, 2.75) is 43.7 Å². The third kappa shape index (κ3) is 24.4. The van der Waals surface area contributed by atoms with Crippen molar-refractivity contribution in [2.24, 2.45) is 0 Å². The van der Waals surface area contributed by atoms with Crippen LogP contribution in [0.3, 0.4) is 0 Å². The van der Waals surface area contributed by atoms with Crippen molar-refractivity contribution in [3.63, 3.8) is 0 Å². The van der Waals surface area contributed by atoms with Gasteiger partial charge in [-0.05, 0) is 19.3 Å². The minimum absolute atomic E-state index is 0. The maximum Gasteiger partial charge on any atom is 1.00 e. The number of rotatable bonds is 8. The molecule has 0 spiro atoms. The van der Waals surface area contributed by atoms with E-state index in [1.54, 1.807) is 28.4 Å². The number of β-amino-alcohol motifs (C(OH)–C–C–N with tert-alkyl or cyclic N) is 1. The van der Waals surface area contributed by atoms with Crippen LogP contribution in [0.5, 0.6) is 0 Å². The summed E-state index contributed by atoms with van der Waals surface area (Å²) in [4.78, 5) is 13.4. The fourth-order valence-corrected chi connectivity index (χ4v) is 3.05. The van der Waals surface area contributed by atoms with Crippen molar-refractivity contribution in [3.05, 3.63) is 0 Å². The van der Waals surface area contributed by atoms with Crippen LogP contribution in [0.2, 0.25) is 0 Å². The van der Waals surface area contributed by atoms with Gasteiger partial charge in [-0.3, -0.25) is 9.69 Å². The van der Waals surface area contributed by atoms with Gasteiger partial charge < -0.3 is 40.7 Å². The van der Waals surface area contributed by atoms with Crippen molar-refractivity contribution >= 4 is 22.4 Å². The van der Waals surface area contributed by atoms with E-state index in [2.05, 4.69) is 30.5 Å². The standard InChI is InChI=1S/C8H17NO3.C6H12O2.C3H7BrO.CH2O3.2K.H/c1-11-4-3-9-5-7(10)8(6-9)12-2;1-8-6-4-2-3-5(6)7;1-5-3-2-4;2-1-4-3;;;/h7-8,10H,3-6H2,1-2H3;5-7H,2-4H2,1H3;2-3H2,1H3;1,3H;;;/q;;;;2*+1;-1/p-1/t7-,8-;5-,6-;;;;;/m11...../s1. The molecule has 0 radical (unpaired) electrons. The fraction of sp³-hybridized carbons (Fsp3) is 0.944. The number of nitrogens with zero attached hydrogens (tertiary/aromatic N) is 1. The van der Waals surface area contributed by atoms with E-state index >= 15 is 0 Å². The van der Waals surface area contributed by atoms with Crippen LogP contribution in [-0.2, 0) is 28.6 Å². The first kappa shape index (κ1) is 41.0. The first-order valence-corrected chi connectivity index (χ1v) is 10.5. The number of ether oxygens (including phenoxy) is 4. The summed E-state index contributed by atoms with van der Waals surface area (Å²) >= 11 is 3.18. The molecular weight excluding hydrogens is 532 g/mol. The van der Waals surface area contributed by atoms with E-state index in [9.17, 15) is 5.11 Å². The quantitative estimate of drug-likeness (QED) is 0.0956. The molecule has 1 aliphatic carbocycles. The van der Waals surface area contributed by atoms with Crippen LogP contribution in [0.25, 0.3) is 0 Å². The van der Waals surface area contributed by atoms with Gasteiger partial charge in [0.05, 0.1) is 37.6 Å². The van der Waals surface area contributed by atoms with E-state index in [0.29, 0.717) is 13.2 Å². The van der Waals surface area contributed by atoms with E-state index in [1.807, 2.05) is 0 Å². The molecule has 178 valence electrons. The molecule has 1 saturated carbocycles. The zero-order valence-electron chi connectivity index (χ0n) is 20.8. The predicted octanol–water partition coefficient (Wildman–Crippen LogP) is -6.55. The molecule has 0 aromatic heterocycles. The molecule has 0 aromatic carbocycles.